The van der Waals surface area contributed by atoms with Crippen LogP contribution < -0.4 is 5.46 Å². The van der Waals surface area contributed by atoms with Gasteiger partial charge in [-0.15, -0.1) is 0 Å². The molecule has 1 N–H and O–H groups in total. The molecule has 1 rings (SSSR count). The number of nitrogens with zero attached hydrogens (tertiary/aromatic N) is 1. The molecule has 0 aliphatic rings. The van der Waals surface area contributed by atoms with Crippen molar-refractivity contribution in [1.29, 1.82) is 0 Å². The summed E-state index contributed by atoms with van der Waals surface area (Å²) in [5, 5.41) is 8.41. The van der Waals surface area contributed by atoms with Crippen molar-refractivity contribution < 1.29 is 9.90 Å². The zero-order chi connectivity index (χ0) is 7.56. The second-order valence-electron chi connectivity index (χ2n) is 1.81. The Morgan fingerprint density at radius 3 is 2.70 bits per heavy atom. The Morgan fingerprint density at radius 2 is 2.30 bits per heavy atom. The average molecular weight is 133 g/mol. The summed E-state index contributed by atoms with van der Waals surface area (Å²) in [6.07, 6.45) is 2.64. The molecular formula is C6H4BNO2. The topological polar surface area (TPSA) is 50.2 Å². The zero-order valence-corrected chi connectivity index (χ0v) is 5.11. The standard InChI is InChI=1S/C6H4BNO2/c7-5-1-4(6(9)10)2-8-3-5/h1-3H,(H,9,10). The molecule has 10 heavy (non-hydrogen) atoms. The molecule has 2 radical (unpaired) electrons. The summed E-state index contributed by atoms with van der Waals surface area (Å²) < 4.78 is 0. The van der Waals surface area contributed by atoms with E-state index in [0.29, 0.717) is 5.46 Å². The Labute approximate surface area is 59.1 Å². The van der Waals surface area contributed by atoms with Crippen LogP contribution in [0, 0.1) is 0 Å². The molecule has 0 atom stereocenters. The largest absolute Gasteiger partial charge is 0.478 e. The highest BCUT2D eigenvalue weighted by molar-refractivity contribution is 6.32. The van der Waals surface area contributed by atoms with Gasteiger partial charge in [-0.2, -0.15) is 0 Å². The number of rotatable bonds is 1. The van der Waals surface area contributed by atoms with Crippen LogP contribution in [0.5, 0.6) is 0 Å². The molecule has 0 amide bonds. The molecule has 0 fully saturated rings. The van der Waals surface area contributed by atoms with E-state index in [9.17, 15) is 4.79 Å². The van der Waals surface area contributed by atoms with Crippen LogP contribution in [-0.4, -0.2) is 23.9 Å². The molecule has 0 saturated heterocycles. The lowest BCUT2D eigenvalue weighted by Crippen LogP contribution is -2.07. The maximum absolute atomic E-state index is 10.3. The fourth-order valence-electron chi connectivity index (χ4n) is 0.575. The number of carbonyl (C=O) groups is 1. The number of carboxylic acid groups (broad SMARTS) is 1. The third-order valence-corrected chi connectivity index (χ3v) is 1.01. The minimum absolute atomic E-state index is 0.111. The average Bonchev–Trinajstić information content (AvgIpc) is 1.88. The highest BCUT2D eigenvalue weighted by Gasteiger charge is 2.00. The van der Waals surface area contributed by atoms with Crippen LogP contribution in [0.15, 0.2) is 18.5 Å². The van der Waals surface area contributed by atoms with Gasteiger partial charge in [-0.3, -0.25) is 4.98 Å². The van der Waals surface area contributed by atoms with E-state index >= 15 is 0 Å². The van der Waals surface area contributed by atoms with Gasteiger partial charge in [0.15, 0.2) is 0 Å². The Bertz CT molecular complexity index is 262. The fraction of sp³-hybridized carbons (Fsp3) is 0. The Hall–Kier alpha value is -1.32. The predicted octanol–water partition coefficient (Wildman–Crippen LogP) is -0.426. The van der Waals surface area contributed by atoms with Gasteiger partial charge in [0.2, 0.25) is 0 Å². The summed E-state index contributed by atoms with van der Waals surface area (Å²) in [6, 6.07) is 1.36. The molecule has 4 heteroatoms. The lowest BCUT2D eigenvalue weighted by molar-refractivity contribution is 0.0696. The van der Waals surface area contributed by atoms with E-state index in [1.54, 1.807) is 0 Å². The van der Waals surface area contributed by atoms with Gasteiger partial charge in [-0.1, -0.05) is 11.5 Å². The second kappa shape index (κ2) is 2.52. The number of aromatic carboxylic acids is 1. The van der Waals surface area contributed by atoms with Crippen LogP contribution in [-0.2, 0) is 0 Å². The van der Waals surface area contributed by atoms with Crippen LogP contribution in [0.2, 0.25) is 0 Å². The van der Waals surface area contributed by atoms with E-state index in [4.69, 9.17) is 13.0 Å². The highest BCUT2D eigenvalue weighted by atomic mass is 16.4. The van der Waals surface area contributed by atoms with Crippen LogP contribution in [0.25, 0.3) is 0 Å². The van der Waals surface area contributed by atoms with Crippen molar-refractivity contribution in [2.45, 2.75) is 0 Å². The van der Waals surface area contributed by atoms with Gasteiger partial charge >= 0.3 is 5.97 Å². The predicted molar refractivity (Wildman–Crippen MR) is 36.6 cm³/mol. The van der Waals surface area contributed by atoms with E-state index < -0.39 is 5.97 Å². The summed E-state index contributed by atoms with van der Waals surface area (Å²) in [5.74, 6) is -1.01. The lowest BCUT2D eigenvalue weighted by atomic mass is 9.97. The van der Waals surface area contributed by atoms with Crippen molar-refractivity contribution in [3.63, 3.8) is 0 Å². The molecular weight excluding hydrogens is 129 g/mol. The minimum atomic E-state index is -1.01. The number of carboxylic acids is 1. The second-order valence-corrected chi connectivity index (χ2v) is 1.81. The Balaban J connectivity index is 3.07. The fourth-order valence-corrected chi connectivity index (χ4v) is 0.575. The molecule has 0 spiro atoms. The Kier molecular flexibility index (Phi) is 1.71. The molecule has 3 nitrogen and oxygen atoms in total. The van der Waals surface area contributed by atoms with Gasteiger partial charge < -0.3 is 5.11 Å². The van der Waals surface area contributed by atoms with Crippen molar-refractivity contribution in [1.82, 2.24) is 4.98 Å². The number of hydrogen-bond donors (Lipinski definition) is 1. The van der Waals surface area contributed by atoms with Gasteiger partial charge in [0.05, 0.1) is 5.56 Å². The van der Waals surface area contributed by atoms with Crippen LogP contribution in [0.3, 0.4) is 0 Å². The molecule has 0 aromatic carbocycles. The molecule has 1 aromatic rings. The van der Waals surface area contributed by atoms with Crippen LogP contribution in [0.1, 0.15) is 10.4 Å². The first kappa shape index (κ1) is 6.80. The summed E-state index contributed by atoms with van der Waals surface area (Å²) in [7, 11) is 5.27. The van der Waals surface area contributed by atoms with Gasteiger partial charge in [0.25, 0.3) is 0 Å². The highest BCUT2D eigenvalue weighted by Crippen LogP contribution is 1.91. The molecule has 0 bridgehead atoms. The van der Waals surface area contributed by atoms with Gasteiger partial charge in [-0.25, -0.2) is 4.79 Å². The van der Waals surface area contributed by atoms with E-state index in [1.807, 2.05) is 0 Å². The van der Waals surface area contributed by atoms with Crippen LogP contribution >= 0.6 is 0 Å². The summed E-state index contributed by atoms with van der Waals surface area (Å²) >= 11 is 0. The van der Waals surface area contributed by atoms with Gasteiger partial charge in [-0.05, 0) is 0 Å². The first-order valence-electron chi connectivity index (χ1n) is 2.64. The molecule has 0 saturated carbocycles. The van der Waals surface area contributed by atoms with E-state index in [-0.39, 0.29) is 5.56 Å². The maximum atomic E-state index is 10.3. The van der Waals surface area contributed by atoms with E-state index in [1.165, 1.54) is 18.5 Å². The lowest BCUT2D eigenvalue weighted by Gasteiger charge is -1.93. The molecule has 1 aromatic heterocycles. The van der Waals surface area contributed by atoms with E-state index in [2.05, 4.69) is 4.98 Å². The number of aromatic nitrogens is 1. The molecule has 48 valence electrons. The minimum Gasteiger partial charge on any atom is -0.478 e. The Morgan fingerprint density at radius 1 is 1.60 bits per heavy atom. The third kappa shape index (κ3) is 1.34. The normalized spacial score (nSPS) is 9.20. The monoisotopic (exact) mass is 133 g/mol. The van der Waals surface area contributed by atoms with Crippen LogP contribution in [0.4, 0.5) is 0 Å². The van der Waals surface area contributed by atoms with Crippen molar-refractivity contribution in [3.8, 4) is 0 Å². The molecule has 0 unspecified atom stereocenters. The van der Waals surface area contributed by atoms with Crippen molar-refractivity contribution in [3.05, 3.63) is 24.0 Å². The molecule has 0 aliphatic heterocycles. The smallest absolute Gasteiger partial charge is 0.337 e. The first-order chi connectivity index (χ1) is 4.70. The number of hydrogen-bond acceptors (Lipinski definition) is 2. The van der Waals surface area contributed by atoms with Crippen molar-refractivity contribution in [2.24, 2.45) is 0 Å². The first-order valence-corrected chi connectivity index (χ1v) is 2.64. The quantitative estimate of drug-likeness (QED) is 0.529. The SMILES string of the molecule is [B]c1cncc(C(=O)O)c1. The van der Waals surface area contributed by atoms with E-state index in [0.717, 1.165) is 0 Å². The third-order valence-electron chi connectivity index (χ3n) is 1.01. The summed E-state index contributed by atoms with van der Waals surface area (Å²) in [6.45, 7) is 0. The summed E-state index contributed by atoms with van der Waals surface area (Å²) in [4.78, 5) is 13.9. The maximum Gasteiger partial charge on any atom is 0.337 e. The van der Waals surface area contributed by atoms with Crippen molar-refractivity contribution in [2.75, 3.05) is 0 Å². The number of pyridine rings is 1. The molecule has 1 heterocycles. The summed E-state index contributed by atoms with van der Waals surface area (Å²) in [5.41, 5.74) is 0.472. The van der Waals surface area contributed by atoms with Gasteiger partial charge in [0.1, 0.15) is 7.85 Å². The zero-order valence-electron chi connectivity index (χ0n) is 5.11. The molecule has 0 aliphatic carbocycles. The van der Waals surface area contributed by atoms with Gasteiger partial charge in [0, 0.05) is 12.4 Å². The van der Waals surface area contributed by atoms with Crippen molar-refractivity contribution >= 4 is 19.3 Å².